The summed E-state index contributed by atoms with van der Waals surface area (Å²) in [7, 11) is 0. The number of carboxylic acids is 1. The number of imidazole rings is 1. The summed E-state index contributed by atoms with van der Waals surface area (Å²) in [5.74, 6) is -1.19. The second-order valence-electron chi connectivity index (χ2n) is 4.43. The molecule has 0 fully saturated rings. The van der Waals surface area contributed by atoms with Crippen molar-refractivity contribution in [2.24, 2.45) is 0 Å². The van der Waals surface area contributed by atoms with Gasteiger partial charge in [-0.25, -0.2) is 14.5 Å². The van der Waals surface area contributed by atoms with Gasteiger partial charge in [-0.15, -0.1) is 0 Å². The number of aliphatic hydroxyl groups is 1. The highest BCUT2D eigenvalue weighted by atomic mass is 16.4. The molecule has 0 bridgehead atoms. The maximum Gasteiger partial charge on any atom is 0.356 e. The predicted molar refractivity (Wildman–Crippen MR) is 73.2 cm³/mol. The zero-order valence-electron chi connectivity index (χ0n) is 10.8. The third kappa shape index (κ3) is 2.41. The van der Waals surface area contributed by atoms with Crippen molar-refractivity contribution in [3.05, 3.63) is 66.0 Å². The van der Waals surface area contributed by atoms with E-state index in [1.54, 1.807) is 10.9 Å². The number of nitrogens with one attached hydrogen (secondary N) is 1. The lowest BCUT2D eigenvalue weighted by Gasteiger charge is -2.06. The minimum absolute atomic E-state index is 0.134. The van der Waals surface area contributed by atoms with Gasteiger partial charge in [0.25, 0.3) is 0 Å². The van der Waals surface area contributed by atoms with E-state index in [9.17, 15) is 9.90 Å². The van der Waals surface area contributed by atoms with E-state index in [0.717, 1.165) is 5.69 Å². The molecule has 1 aromatic carbocycles. The molecule has 7 heteroatoms. The van der Waals surface area contributed by atoms with Gasteiger partial charge in [-0.1, -0.05) is 18.2 Å². The van der Waals surface area contributed by atoms with E-state index in [-0.39, 0.29) is 11.4 Å². The normalized spacial score (nSPS) is 12.2. The Balaban J connectivity index is 1.93. The number of aromatic amines is 1. The number of aliphatic hydroxyl groups excluding tert-OH is 1. The Hall–Kier alpha value is -2.93. The van der Waals surface area contributed by atoms with E-state index in [0.29, 0.717) is 5.56 Å². The molecule has 3 N–H and O–H groups in total. The summed E-state index contributed by atoms with van der Waals surface area (Å²) < 4.78 is 1.61. The third-order valence-corrected chi connectivity index (χ3v) is 3.08. The van der Waals surface area contributed by atoms with Gasteiger partial charge < -0.3 is 15.2 Å². The Morgan fingerprint density at radius 2 is 2.05 bits per heavy atom. The van der Waals surface area contributed by atoms with E-state index in [1.165, 1.54) is 12.5 Å². The molecule has 0 aliphatic rings. The van der Waals surface area contributed by atoms with E-state index in [4.69, 9.17) is 5.11 Å². The molecule has 0 aliphatic heterocycles. The summed E-state index contributed by atoms with van der Waals surface area (Å²) in [5, 5.41) is 23.5. The van der Waals surface area contributed by atoms with Crippen molar-refractivity contribution in [3.8, 4) is 5.69 Å². The number of nitrogens with zero attached hydrogens (tertiary/aromatic N) is 3. The van der Waals surface area contributed by atoms with E-state index in [1.807, 2.05) is 30.3 Å². The SMILES string of the molecule is O=C(O)c1nc[nH]c1C(O)c1cnn(-c2ccccc2)c1. The molecule has 1 unspecified atom stereocenters. The van der Waals surface area contributed by atoms with Gasteiger partial charge in [0.1, 0.15) is 6.10 Å². The molecule has 0 saturated carbocycles. The maximum absolute atomic E-state index is 11.0. The number of benzene rings is 1. The molecule has 21 heavy (non-hydrogen) atoms. The zero-order chi connectivity index (χ0) is 14.8. The molecule has 2 aromatic heterocycles. The second-order valence-corrected chi connectivity index (χ2v) is 4.43. The highest BCUT2D eigenvalue weighted by Crippen LogP contribution is 2.23. The summed E-state index contributed by atoms with van der Waals surface area (Å²) >= 11 is 0. The fraction of sp³-hybridized carbons (Fsp3) is 0.0714. The molecule has 2 heterocycles. The van der Waals surface area contributed by atoms with E-state index >= 15 is 0 Å². The van der Waals surface area contributed by atoms with Crippen molar-refractivity contribution < 1.29 is 15.0 Å². The minimum atomic E-state index is -1.19. The molecule has 0 amide bonds. The summed E-state index contributed by atoms with van der Waals surface area (Å²) in [6.45, 7) is 0. The molecule has 3 aromatic rings. The van der Waals surface area contributed by atoms with Crippen LogP contribution in [0.1, 0.15) is 27.8 Å². The standard InChI is InChI=1S/C14H12N4O3/c19-13(11-12(14(20)21)16-8-15-11)9-6-17-18(7-9)10-4-2-1-3-5-10/h1-8,13,19H,(H,15,16)(H,20,21). The Morgan fingerprint density at radius 1 is 1.29 bits per heavy atom. The third-order valence-electron chi connectivity index (χ3n) is 3.08. The molecule has 1 atom stereocenters. The van der Waals surface area contributed by atoms with Crippen LogP contribution in [-0.4, -0.2) is 35.9 Å². The first kappa shape index (κ1) is 13.1. The van der Waals surface area contributed by atoms with Crippen LogP contribution in [0.2, 0.25) is 0 Å². The fourth-order valence-electron chi connectivity index (χ4n) is 2.05. The highest BCUT2D eigenvalue weighted by Gasteiger charge is 2.22. The van der Waals surface area contributed by atoms with Crippen molar-refractivity contribution in [3.63, 3.8) is 0 Å². The molecule has 106 valence electrons. The van der Waals surface area contributed by atoms with Crippen molar-refractivity contribution in [1.82, 2.24) is 19.7 Å². The van der Waals surface area contributed by atoms with Crippen molar-refractivity contribution in [2.75, 3.05) is 0 Å². The number of para-hydroxylation sites is 1. The lowest BCUT2D eigenvalue weighted by atomic mass is 10.1. The monoisotopic (exact) mass is 284 g/mol. The molecular weight excluding hydrogens is 272 g/mol. The van der Waals surface area contributed by atoms with Gasteiger partial charge >= 0.3 is 5.97 Å². The summed E-state index contributed by atoms with van der Waals surface area (Å²) in [5.41, 5.74) is 1.26. The lowest BCUT2D eigenvalue weighted by Crippen LogP contribution is -2.07. The predicted octanol–water partition coefficient (Wildman–Crippen LogP) is 1.38. The highest BCUT2D eigenvalue weighted by molar-refractivity contribution is 5.86. The van der Waals surface area contributed by atoms with Crippen LogP contribution in [0.25, 0.3) is 5.69 Å². The summed E-state index contributed by atoms with van der Waals surface area (Å²) in [4.78, 5) is 17.4. The van der Waals surface area contributed by atoms with Crippen LogP contribution in [0.5, 0.6) is 0 Å². The van der Waals surface area contributed by atoms with E-state index < -0.39 is 12.1 Å². The number of hydrogen-bond acceptors (Lipinski definition) is 4. The van der Waals surface area contributed by atoms with E-state index in [2.05, 4.69) is 15.1 Å². The van der Waals surface area contributed by atoms with Crippen molar-refractivity contribution >= 4 is 5.97 Å². The molecule has 0 radical (unpaired) electrons. The number of aromatic nitrogens is 4. The lowest BCUT2D eigenvalue weighted by molar-refractivity contribution is 0.0685. The first-order valence-electron chi connectivity index (χ1n) is 6.21. The van der Waals surface area contributed by atoms with Crippen LogP contribution >= 0.6 is 0 Å². The molecule has 7 nitrogen and oxygen atoms in total. The van der Waals surface area contributed by atoms with Crippen molar-refractivity contribution in [1.29, 1.82) is 0 Å². The number of aromatic carboxylic acids is 1. The molecule has 3 rings (SSSR count). The first-order valence-corrected chi connectivity index (χ1v) is 6.21. The quantitative estimate of drug-likeness (QED) is 0.671. The first-order chi connectivity index (χ1) is 10.2. The Morgan fingerprint density at radius 3 is 2.76 bits per heavy atom. The van der Waals surface area contributed by atoms with Crippen LogP contribution in [0.4, 0.5) is 0 Å². The number of rotatable bonds is 4. The van der Waals surface area contributed by atoms with Gasteiger partial charge in [0.05, 0.1) is 23.9 Å². The minimum Gasteiger partial charge on any atom is -0.476 e. The summed E-state index contributed by atoms with van der Waals surface area (Å²) in [6.07, 6.45) is 3.25. The Kier molecular flexibility index (Phi) is 3.25. The number of hydrogen-bond donors (Lipinski definition) is 3. The van der Waals surface area contributed by atoms with Gasteiger partial charge in [0, 0.05) is 11.8 Å². The molecule has 0 spiro atoms. The van der Waals surface area contributed by atoms with Crippen LogP contribution in [-0.2, 0) is 0 Å². The molecule has 0 aliphatic carbocycles. The maximum atomic E-state index is 11.0. The smallest absolute Gasteiger partial charge is 0.356 e. The summed E-state index contributed by atoms with van der Waals surface area (Å²) in [6, 6.07) is 9.41. The fourth-order valence-corrected chi connectivity index (χ4v) is 2.05. The number of carboxylic acid groups (broad SMARTS) is 1. The zero-order valence-corrected chi connectivity index (χ0v) is 10.8. The number of H-pyrrole nitrogens is 1. The van der Waals surface area contributed by atoms with Crippen LogP contribution in [0, 0.1) is 0 Å². The Bertz CT molecular complexity index is 763. The van der Waals surface area contributed by atoms with Crippen LogP contribution in [0.3, 0.4) is 0 Å². The van der Waals surface area contributed by atoms with Gasteiger partial charge in [0.2, 0.25) is 0 Å². The van der Waals surface area contributed by atoms with Gasteiger partial charge in [-0.05, 0) is 12.1 Å². The second kappa shape index (κ2) is 5.22. The average Bonchev–Trinajstić information content (AvgIpc) is 3.17. The Labute approximate surface area is 119 Å². The van der Waals surface area contributed by atoms with Gasteiger partial charge in [0.15, 0.2) is 5.69 Å². The average molecular weight is 284 g/mol. The van der Waals surface area contributed by atoms with Crippen LogP contribution < -0.4 is 0 Å². The van der Waals surface area contributed by atoms with Crippen molar-refractivity contribution in [2.45, 2.75) is 6.10 Å². The molecular formula is C14H12N4O3. The number of carbonyl (C=O) groups is 1. The molecule has 0 saturated heterocycles. The van der Waals surface area contributed by atoms with Crippen LogP contribution in [0.15, 0.2) is 49.1 Å². The van der Waals surface area contributed by atoms with Gasteiger partial charge in [-0.3, -0.25) is 0 Å². The van der Waals surface area contributed by atoms with Gasteiger partial charge in [-0.2, -0.15) is 5.10 Å². The topological polar surface area (TPSA) is 104 Å². The largest absolute Gasteiger partial charge is 0.476 e.